The third-order valence-corrected chi connectivity index (χ3v) is 12.6. The highest BCUT2D eigenvalue weighted by molar-refractivity contribution is 6.17. The fourth-order valence-corrected chi connectivity index (χ4v) is 9.98. The second-order valence-electron chi connectivity index (χ2n) is 15.7. The van der Waals surface area contributed by atoms with Gasteiger partial charge in [-0.25, -0.2) is 0 Å². The molecule has 0 saturated heterocycles. The Hall–Kier alpha value is -7.68. The molecular weight excluding hydrogens is 701 g/mol. The molecule has 0 atom stereocenters. The fourth-order valence-electron chi connectivity index (χ4n) is 9.98. The molecule has 1 aliphatic rings. The number of fused-ring (bicyclic) bond motifs is 10. The summed E-state index contributed by atoms with van der Waals surface area (Å²) in [5, 5.41) is 10.2. The van der Waals surface area contributed by atoms with Gasteiger partial charge in [-0.15, -0.1) is 0 Å². The molecule has 2 heteroatoms. The van der Waals surface area contributed by atoms with E-state index in [9.17, 15) is 0 Å². The average Bonchev–Trinajstić information content (AvgIpc) is 3.91. The van der Waals surface area contributed by atoms with Crippen molar-refractivity contribution in [3.05, 3.63) is 206 Å². The van der Waals surface area contributed by atoms with E-state index in [4.69, 9.17) is 0 Å². The van der Waals surface area contributed by atoms with E-state index in [1.807, 2.05) is 0 Å². The van der Waals surface area contributed by atoms with Crippen LogP contribution in [-0.2, 0) is 0 Å². The van der Waals surface area contributed by atoms with Crippen molar-refractivity contribution in [3.63, 3.8) is 0 Å². The van der Waals surface area contributed by atoms with Crippen LogP contribution in [0.25, 0.3) is 121 Å². The van der Waals surface area contributed by atoms with E-state index in [-0.39, 0.29) is 0 Å². The predicted molar refractivity (Wildman–Crippen MR) is 245 cm³/mol. The van der Waals surface area contributed by atoms with Crippen LogP contribution >= 0.6 is 0 Å². The van der Waals surface area contributed by atoms with E-state index >= 15 is 0 Å². The molecule has 0 fully saturated rings. The largest absolute Gasteiger partial charge is 0.309 e. The highest BCUT2D eigenvalue weighted by Gasteiger charge is 2.22. The maximum atomic E-state index is 2.44. The summed E-state index contributed by atoms with van der Waals surface area (Å²) in [5.74, 6) is 0. The zero-order chi connectivity index (χ0) is 37.9. The zero-order valence-corrected chi connectivity index (χ0v) is 31.5. The molecule has 0 unspecified atom stereocenters. The van der Waals surface area contributed by atoms with Crippen LogP contribution in [0.5, 0.6) is 0 Å². The molecule has 0 amide bonds. The molecule has 10 aromatic carbocycles. The van der Waals surface area contributed by atoms with Crippen molar-refractivity contribution in [1.82, 2.24) is 9.13 Å². The van der Waals surface area contributed by atoms with Crippen LogP contribution in [0.1, 0.15) is 0 Å². The highest BCUT2D eigenvalue weighted by atomic mass is 15.0. The van der Waals surface area contributed by atoms with E-state index in [0.717, 1.165) is 5.69 Å². The lowest BCUT2D eigenvalue weighted by molar-refractivity contribution is 1.18. The molecule has 2 heterocycles. The number of rotatable bonds is 4. The summed E-state index contributed by atoms with van der Waals surface area (Å²) in [7, 11) is 0. The Kier molecular flexibility index (Phi) is 6.47. The quantitative estimate of drug-likeness (QED) is 0.170. The minimum absolute atomic E-state index is 1.16. The first kappa shape index (κ1) is 31.5. The number of nitrogens with zero attached hydrogens (tertiary/aromatic N) is 2. The van der Waals surface area contributed by atoms with Gasteiger partial charge in [0.2, 0.25) is 0 Å². The summed E-state index contributed by atoms with van der Waals surface area (Å²) in [6.45, 7) is 0. The van der Waals surface area contributed by atoms with Crippen molar-refractivity contribution in [1.29, 1.82) is 0 Å². The van der Waals surface area contributed by atoms with Crippen molar-refractivity contribution in [3.8, 4) is 55.9 Å². The molecule has 0 spiro atoms. The molecule has 0 bridgehead atoms. The molecule has 268 valence electrons. The Morgan fingerprint density at radius 3 is 1.60 bits per heavy atom. The molecule has 13 rings (SSSR count). The van der Waals surface area contributed by atoms with Gasteiger partial charge in [-0.2, -0.15) is 0 Å². The Labute approximate surface area is 335 Å². The van der Waals surface area contributed by atoms with E-state index in [0.29, 0.717) is 0 Å². The molecule has 2 aromatic heterocycles. The Morgan fingerprint density at radius 1 is 0.241 bits per heavy atom. The highest BCUT2D eigenvalue weighted by Crippen LogP contribution is 2.49. The number of hydrogen-bond acceptors (Lipinski definition) is 0. The number of benzene rings is 10. The lowest BCUT2D eigenvalue weighted by Crippen LogP contribution is -1.94. The van der Waals surface area contributed by atoms with Gasteiger partial charge < -0.3 is 9.13 Å². The van der Waals surface area contributed by atoms with E-state index < -0.39 is 0 Å². The standard InChI is InChI=1S/C56H34N2/c1-2-16-42(17-3-1)57-54-27-25-39(32-49(54)50-30-36-12-4-5-13-37(36)34-55(50)57)38-24-26-53-48(31-38)46-21-8-9-23-52(46)58(53)43-18-10-14-35(29-43)41-28-40-15-11-22-47-44-19-6-7-20-45(44)51(33-41)56(40)47/h1-34H. The van der Waals surface area contributed by atoms with E-state index in [1.165, 1.54) is 115 Å². The Morgan fingerprint density at radius 2 is 0.793 bits per heavy atom. The number of para-hydroxylation sites is 2. The minimum Gasteiger partial charge on any atom is -0.309 e. The van der Waals surface area contributed by atoms with Gasteiger partial charge in [-0.3, -0.25) is 0 Å². The van der Waals surface area contributed by atoms with Gasteiger partial charge >= 0.3 is 0 Å². The summed E-state index contributed by atoms with van der Waals surface area (Å²) in [4.78, 5) is 0. The Bertz CT molecular complexity index is 3670. The summed E-state index contributed by atoms with van der Waals surface area (Å²) in [6, 6.07) is 76.3. The normalized spacial score (nSPS) is 12.1. The van der Waals surface area contributed by atoms with Crippen LogP contribution in [0, 0.1) is 0 Å². The molecule has 0 radical (unpaired) electrons. The second-order valence-corrected chi connectivity index (χ2v) is 15.7. The first-order valence-corrected chi connectivity index (χ1v) is 20.1. The van der Waals surface area contributed by atoms with Crippen LogP contribution in [0.15, 0.2) is 206 Å². The van der Waals surface area contributed by atoms with Crippen LogP contribution in [0.3, 0.4) is 0 Å². The lowest BCUT2D eigenvalue weighted by atomic mass is 9.96. The van der Waals surface area contributed by atoms with Gasteiger partial charge in [-0.1, -0.05) is 127 Å². The molecule has 0 N–H and O–H groups in total. The smallest absolute Gasteiger partial charge is 0.0547 e. The summed E-state index contributed by atoms with van der Waals surface area (Å²) in [6.07, 6.45) is 0. The van der Waals surface area contributed by atoms with Gasteiger partial charge in [-0.05, 0) is 145 Å². The van der Waals surface area contributed by atoms with Gasteiger partial charge in [0.25, 0.3) is 0 Å². The number of aromatic nitrogens is 2. The molecule has 58 heavy (non-hydrogen) atoms. The monoisotopic (exact) mass is 734 g/mol. The predicted octanol–water partition coefficient (Wildman–Crippen LogP) is 15.2. The number of hydrogen-bond donors (Lipinski definition) is 0. The Balaban J connectivity index is 0.966. The van der Waals surface area contributed by atoms with Crippen LogP contribution in [0.4, 0.5) is 0 Å². The van der Waals surface area contributed by atoms with Gasteiger partial charge in [0.05, 0.1) is 22.1 Å². The van der Waals surface area contributed by atoms with E-state index in [2.05, 4.69) is 215 Å². The topological polar surface area (TPSA) is 9.86 Å². The molecule has 0 saturated carbocycles. The van der Waals surface area contributed by atoms with E-state index in [1.54, 1.807) is 0 Å². The van der Waals surface area contributed by atoms with Crippen molar-refractivity contribution in [2.24, 2.45) is 0 Å². The van der Waals surface area contributed by atoms with Crippen molar-refractivity contribution < 1.29 is 0 Å². The van der Waals surface area contributed by atoms with Crippen LogP contribution in [-0.4, -0.2) is 9.13 Å². The first-order chi connectivity index (χ1) is 28.7. The SMILES string of the molecule is c1ccc(-n2c3ccc(-c4ccc5c(c4)c4ccccc4n5-c4cccc(-c5cc6c7c(cccc7c5)-c5ccccc5-6)c4)cc3c3cc4ccccc4cc32)cc1. The van der Waals surface area contributed by atoms with Crippen molar-refractivity contribution >= 4 is 65.2 Å². The molecular formula is C56H34N2. The maximum absolute atomic E-state index is 2.44. The second kappa shape index (κ2) is 11.9. The fraction of sp³-hybridized carbons (Fsp3) is 0. The summed E-state index contributed by atoms with van der Waals surface area (Å²) >= 11 is 0. The lowest BCUT2D eigenvalue weighted by Gasteiger charge is -2.12. The summed E-state index contributed by atoms with van der Waals surface area (Å²) < 4.78 is 4.85. The van der Waals surface area contributed by atoms with Crippen molar-refractivity contribution in [2.45, 2.75) is 0 Å². The van der Waals surface area contributed by atoms with Crippen molar-refractivity contribution in [2.75, 3.05) is 0 Å². The van der Waals surface area contributed by atoms with Gasteiger partial charge in [0, 0.05) is 32.9 Å². The third-order valence-electron chi connectivity index (χ3n) is 12.6. The average molecular weight is 735 g/mol. The molecule has 2 nitrogen and oxygen atoms in total. The van der Waals surface area contributed by atoms with Gasteiger partial charge in [0.1, 0.15) is 0 Å². The first-order valence-electron chi connectivity index (χ1n) is 20.1. The van der Waals surface area contributed by atoms with Crippen LogP contribution in [0.2, 0.25) is 0 Å². The summed E-state index contributed by atoms with van der Waals surface area (Å²) in [5.41, 5.74) is 17.3. The van der Waals surface area contributed by atoms with Gasteiger partial charge in [0.15, 0.2) is 0 Å². The van der Waals surface area contributed by atoms with Crippen LogP contribution < -0.4 is 0 Å². The third kappa shape index (κ3) is 4.48. The molecule has 1 aliphatic carbocycles. The molecule has 0 aliphatic heterocycles. The maximum Gasteiger partial charge on any atom is 0.0547 e. The zero-order valence-electron chi connectivity index (χ0n) is 31.5. The minimum atomic E-state index is 1.16. The molecule has 12 aromatic rings.